The van der Waals surface area contributed by atoms with Gasteiger partial charge < -0.3 is 5.73 Å². The minimum absolute atomic E-state index is 0.129. The van der Waals surface area contributed by atoms with E-state index in [0.717, 1.165) is 0 Å². The van der Waals surface area contributed by atoms with Crippen molar-refractivity contribution in [1.82, 2.24) is 0 Å². The van der Waals surface area contributed by atoms with Gasteiger partial charge in [0.15, 0.2) is 0 Å². The Kier molecular flexibility index (Phi) is 2.81. The van der Waals surface area contributed by atoms with Crippen LogP contribution in [0.1, 0.15) is 24.8 Å². The Balaban J connectivity index is 2.41. The summed E-state index contributed by atoms with van der Waals surface area (Å²) in [6.07, 6.45) is 1.13. The third-order valence-electron chi connectivity index (χ3n) is 2.93. The van der Waals surface area contributed by atoms with Gasteiger partial charge in [-0.3, -0.25) is 0 Å². The third-order valence-corrected chi connectivity index (χ3v) is 3.54. The predicted molar refractivity (Wildman–Crippen MR) is 58.7 cm³/mol. The third kappa shape index (κ3) is 1.93. The first-order valence-corrected chi connectivity index (χ1v) is 5.71. The molecule has 0 bridgehead atoms. The quantitative estimate of drug-likeness (QED) is 0.837. The molecule has 0 aliphatic heterocycles. The fraction of sp³-hybridized carbons (Fsp3) is 0.455. The molecule has 2 N–H and O–H groups in total. The molecule has 0 heterocycles. The Morgan fingerprint density at radius 3 is 2.80 bits per heavy atom. The molecule has 1 nitrogen and oxygen atoms in total. The van der Waals surface area contributed by atoms with Crippen LogP contribution in [0.25, 0.3) is 0 Å². The van der Waals surface area contributed by atoms with E-state index >= 15 is 0 Å². The molecule has 0 aromatic heterocycles. The van der Waals surface area contributed by atoms with Gasteiger partial charge in [-0.25, -0.2) is 8.78 Å². The van der Waals surface area contributed by atoms with Crippen molar-refractivity contribution in [3.8, 4) is 0 Å². The van der Waals surface area contributed by atoms with Gasteiger partial charge in [-0.2, -0.15) is 0 Å². The van der Waals surface area contributed by atoms with Crippen LogP contribution in [-0.4, -0.2) is 6.04 Å². The zero-order valence-corrected chi connectivity index (χ0v) is 9.73. The molecule has 0 spiro atoms. The lowest BCUT2D eigenvalue weighted by molar-refractivity contribution is 0.166. The zero-order chi connectivity index (χ0) is 11.1. The standard InChI is InChI=1S/C11H12BrF2N/c12-9-3-1-2-8(10(9)13)11(14)5-4-7(15)6-11/h1-3,7H,4-6,15H2. The zero-order valence-electron chi connectivity index (χ0n) is 8.14. The van der Waals surface area contributed by atoms with Gasteiger partial charge >= 0.3 is 0 Å². The SMILES string of the molecule is NC1CCC(F)(c2cccc(Br)c2F)C1. The maximum absolute atomic E-state index is 14.4. The molecular weight excluding hydrogens is 264 g/mol. The lowest BCUT2D eigenvalue weighted by Gasteiger charge is -2.20. The molecule has 15 heavy (non-hydrogen) atoms. The molecular formula is C11H12BrF2N. The summed E-state index contributed by atoms with van der Waals surface area (Å²) in [6, 6.07) is 4.55. The average Bonchev–Trinajstić information content (AvgIpc) is 2.52. The van der Waals surface area contributed by atoms with E-state index in [4.69, 9.17) is 5.73 Å². The number of nitrogens with two attached hydrogens (primary N) is 1. The topological polar surface area (TPSA) is 26.0 Å². The van der Waals surface area contributed by atoms with Crippen molar-refractivity contribution in [3.63, 3.8) is 0 Å². The molecule has 0 amide bonds. The van der Waals surface area contributed by atoms with Crippen LogP contribution in [0, 0.1) is 5.82 Å². The van der Waals surface area contributed by atoms with Crippen molar-refractivity contribution < 1.29 is 8.78 Å². The Bertz CT molecular complexity index is 383. The smallest absolute Gasteiger partial charge is 0.143 e. The highest BCUT2D eigenvalue weighted by Gasteiger charge is 2.41. The Labute approximate surface area is 95.8 Å². The second-order valence-electron chi connectivity index (χ2n) is 4.07. The molecule has 2 unspecified atom stereocenters. The fourth-order valence-corrected chi connectivity index (χ4v) is 2.49. The highest BCUT2D eigenvalue weighted by molar-refractivity contribution is 9.10. The largest absolute Gasteiger partial charge is 0.328 e. The van der Waals surface area contributed by atoms with Crippen LogP contribution >= 0.6 is 15.9 Å². The second kappa shape index (κ2) is 3.83. The van der Waals surface area contributed by atoms with Gasteiger partial charge in [0.25, 0.3) is 0 Å². The summed E-state index contributed by atoms with van der Waals surface area (Å²) < 4.78 is 28.4. The number of alkyl halides is 1. The molecule has 0 saturated heterocycles. The van der Waals surface area contributed by atoms with E-state index < -0.39 is 11.5 Å². The summed E-state index contributed by atoms with van der Waals surface area (Å²) in [7, 11) is 0. The minimum Gasteiger partial charge on any atom is -0.328 e. The lowest BCUT2D eigenvalue weighted by Crippen LogP contribution is -2.22. The summed E-state index contributed by atoms with van der Waals surface area (Å²) in [5.41, 5.74) is 4.20. The van der Waals surface area contributed by atoms with Crippen LogP contribution in [0.4, 0.5) is 8.78 Å². The molecule has 1 fully saturated rings. The van der Waals surface area contributed by atoms with E-state index in [-0.39, 0.29) is 18.0 Å². The normalized spacial score (nSPS) is 30.8. The van der Waals surface area contributed by atoms with Crippen molar-refractivity contribution in [1.29, 1.82) is 0 Å². The van der Waals surface area contributed by atoms with E-state index in [0.29, 0.717) is 17.3 Å². The van der Waals surface area contributed by atoms with Gasteiger partial charge in [0.2, 0.25) is 0 Å². The van der Waals surface area contributed by atoms with E-state index in [1.807, 2.05) is 0 Å². The van der Waals surface area contributed by atoms with Crippen molar-refractivity contribution in [2.75, 3.05) is 0 Å². The van der Waals surface area contributed by atoms with Gasteiger partial charge in [0.1, 0.15) is 11.5 Å². The van der Waals surface area contributed by atoms with Crippen LogP contribution in [0.3, 0.4) is 0 Å². The van der Waals surface area contributed by atoms with Gasteiger partial charge in [-0.15, -0.1) is 0 Å². The number of benzene rings is 1. The second-order valence-corrected chi connectivity index (χ2v) is 4.92. The summed E-state index contributed by atoms with van der Waals surface area (Å²) in [5, 5.41) is 0. The first-order valence-electron chi connectivity index (χ1n) is 4.92. The molecule has 1 aliphatic rings. The molecule has 1 saturated carbocycles. The maximum Gasteiger partial charge on any atom is 0.143 e. The van der Waals surface area contributed by atoms with E-state index in [1.165, 1.54) is 6.07 Å². The molecule has 4 heteroatoms. The van der Waals surface area contributed by atoms with Crippen LogP contribution in [0.5, 0.6) is 0 Å². The number of rotatable bonds is 1. The Morgan fingerprint density at radius 1 is 1.47 bits per heavy atom. The van der Waals surface area contributed by atoms with Gasteiger partial charge in [-0.05, 0) is 34.8 Å². The number of hydrogen-bond donors (Lipinski definition) is 1. The molecule has 1 aromatic rings. The monoisotopic (exact) mass is 275 g/mol. The maximum atomic E-state index is 14.4. The highest BCUT2D eigenvalue weighted by Crippen LogP contribution is 2.43. The first kappa shape index (κ1) is 11.0. The van der Waals surface area contributed by atoms with Crippen molar-refractivity contribution >= 4 is 15.9 Å². The van der Waals surface area contributed by atoms with E-state index in [9.17, 15) is 8.78 Å². The first-order chi connectivity index (χ1) is 7.03. The highest BCUT2D eigenvalue weighted by atomic mass is 79.9. The van der Waals surface area contributed by atoms with Crippen LogP contribution in [0.15, 0.2) is 22.7 Å². The Morgan fingerprint density at radius 2 is 2.20 bits per heavy atom. The average molecular weight is 276 g/mol. The summed E-state index contributed by atoms with van der Waals surface area (Å²) in [4.78, 5) is 0. The predicted octanol–water partition coefficient (Wildman–Crippen LogP) is 3.26. The number of hydrogen-bond acceptors (Lipinski definition) is 1. The number of halogens is 3. The van der Waals surface area contributed by atoms with E-state index in [1.54, 1.807) is 12.1 Å². The molecule has 82 valence electrons. The van der Waals surface area contributed by atoms with Gasteiger partial charge in [0.05, 0.1) is 4.47 Å². The fourth-order valence-electron chi connectivity index (χ4n) is 2.13. The van der Waals surface area contributed by atoms with Crippen LogP contribution in [-0.2, 0) is 5.67 Å². The van der Waals surface area contributed by atoms with Crippen LogP contribution in [0.2, 0.25) is 0 Å². The summed E-state index contributed by atoms with van der Waals surface area (Å²) in [5.74, 6) is -0.505. The Hall–Kier alpha value is -0.480. The molecule has 0 radical (unpaired) electrons. The van der Waals surface area contributed by atoms with Crippen molar-refractivity contribution in [2.24, 2.45) is 5.73 Å². The molecule has 1 aromatic carbocycles. The minimum atomic E-state index is -1.59. The molecule has 2 atom stereocenters. The van der Waals surface area contributed by atoms with Gasteiger partial charge in [-0.1, -0.05) is 12.1 Å². The van der Waals surface area contributed by atoms with Gasteiger partial charge in [0, 0.05) is 18.0 Å². The van der Waals surface area contributed by atoms with Crippen molar-refractivity contribution in [2.45, 2.75) is 31.0 Å². The van der Waals surface area contributed by atoms with Crippen LogP contribution < -0.4 is 5.73 Å². The van der Waals surface area contributed by atoms with Crippen molar-refractivity contribution in [3.05, 3.63) is 34.1 Å². The summed E-state index contributed by atoms with van der Waals surface area (Å²) in [6.45, 7) is 0. The molecule has 1 aliphatic carbocycles. The molecule has 2 rings (SSSR count). The van der Waals surface area contributed by atoms with E-state index in [2.05, 4.69) is 15.9 Å². The summed E-state index contributed by atoms with van der Waals surface area (Å²) >= 11 is 3.06. The lowest BCUT2D eigenvalue weighted by atomic mass is 9.93.